The molecular weight excluding hydrogens is 474 g/mol. The van der Waals surface area contributed by atoms with Crippen LogP contribution in [0.4, 0.5) is 5.69 Å². The molecule has 176 valence electrons. The molecule has 0 spiro atoms. The zero-order valence-corrected chi connectivity index (χ0v) is 20.0. The number of ether oxygens (including phenoxy) is 1. The summed E-state index contributed by atoms with van der Waals surface area (Å²) >= 11 is 6.24. The van der Waals surface area contributed by atoms with E-state index in [0.717, 1.165) is 11.3 Å². The summed E-state index contributed by atoms with van der Waals surface area (Å²) in [7, 11) is 0. The van der Waals surface area contributed by atoms with Crippen molar-refractivity contribution in [1.82, 2.24) is 0 Å². The number of esters is 1. The van der Waals surface area contributed by atoms with Gasteiger partial charge in [0.1, 0.15) is 11.8 Å². The first-order chi connectivity index (χ1) is 17.4. The van der Waals surface area contributed by atoms with E-state index in [4.69, 9.17) is 16.3 Å². The van der Waals surface area contributed by atoms with Gasteiger partial charge in [-0.25, -0.2) is 0 Å². The lowest BCUT2D eigenvalue weighted by Crippen LogP contribution is -2.44. The monoisotopic (exact) mass is 493 g/mol. The number of benzene rings is 3. The molecule has 3 aromatic carbocycles. The van der Waals surface area contributed by atoms with Gasteiger partial charge in [-0.3, -0.25) is 9.59 Å². The Morgan fingerprint density at radius 2 is 1.69 bits per heavy atom. The van der Waals surface area contributed by atoms with Gasteiger partial charge in [-0.1, -0.05) is 66.2 Å². The van der Waals surface area contributed by atoms with Gasteiger partial charge in [0.25, 0.3) is 0 Å². The number of hydrogen-bond donors (Lipinski definition) is 0. The lowest BCUT2D eigenvalue weighted by Gasteiger charge is -2.35. The Labute approximate surface area is 213 Å². The fourth-order valence-electron chi connectivity index (χ4n) is 5.32. The van der Waals surface area contributed by atoms with Crippen LogP contribution in [-0.4, -0.2) is 23.8 Å². The van der Waals surface area contributed by atoms with Crippen LogP contribution in [0.5, 0.6) is 5.75 Å². The molecule has 2 heterocycles. The van der Waals surface area contributed by atoms with Gasteiger partial charge in [0.2, 0.25) is 0 Å². The SMILES string of the molecule is CC(=O)Oc1ccc([C@@H]2[C@@H](C(=O)c3ccccc3)N3c4ccc(Cl)cc4C=C[C@@H]3C2(C#N)C#N)cc1. The zero-order chi connectivity index (χ0) is 25.4. The molecule has 3 aromatic rings. The summed E-state index contributed by atoms with van der Waals surface area (Å²) in [6.45, 7) is 1.31. The summed E-state index contributed by atoms with van der Waals surface area (Å²) in [6, 6.07) is 23.9. The van der Waals surface area contributed by atoms with Gasteiger partial charge in [0.05, 0.1) is 18.2 Å². The highest BCUT2D eigenvalue weighted by Gasteiger charge is 2.63. The number of halogens is 1. The molecule has 0 saturated carbocycles. The van der Waals surface area contributed by atoms with Crippen molar-refractivity contribution in [3.05, 3.63) is 101 Å². The Morgan fingerprint density at radius 1 is 1.00 bits per heavy atom. The molecule has 0 aliphatic carbocycles. The number of nitriles is 2. The maximum atomic E-state index is 14.1. The van der Waals surface area contributed by atoms with Crippen LogP contribution in [0.1, 0.15) is 34.3 Å². The average Bonchev–Trinajstić information content (AvgIpc) is 3.19. The lowest BCUT2D eigenvalue weighted by molar-refractivity contribution is -0.131. The first-order valence-electron chi connectivity index (χ1n) is 11.4. The van der Waals surface area contributed by atoms with Gasteiger partial charge in [-0.2, -0.15) is 10.5 Å². The van der Waals surface area contributed by atoms with Crippen molar-refractivity contribution in [2.45, 2.75) is 24.9 Å². The van der Waals surface area contributed by atoms with Crippen LogP contribution in [-0.2, 0) is 4.79 Å². The number of rotatable bonds is 4. The molecular formula is C29H20ClN3O3. The molecule has 36 heavy (non-hydrogen) atoms. The van der Waals surface area contributed by atoms with Gasteiger partial charge in [0.15, 0.2) is 11.2 Å². The summed E-state index contributed by atoms with van der Waals surface area (Å²) in [5.41, 5.74) is 1.09. The Bertz CT molecular complexity index is 1450. The second-order valence-electron chi connectivity index (χ2n) is 8.82. The fraction of sp³-hybridized carbons (Fsp3) is 0.172. The normalized spacial score (nSPS) is 21.0. The van der Waals surface area contributed by atoms with Gasteiger partial charge in [-0.05, 0) is 41.5 Å². The molecule has 3 atom stereocenters. The molecule has 5 rings (SSSR count). The summed E-state index contributed by atoms with van der Waals surface area (Å²) in [4.78, 5) is 27.4. The van der Waals surface area contributed by atoms with E-state index in [2.05, 4.69) is 12.1 Å². The van der Waals surface area contributed by atoms with Crippen molar-refractivity contribution in [2.75, 3.05) is 4.90 Å². The van der Waals surface area contributed by atoms with Crippen molar-refractivity contribution in [3.8, 4) is 17.9 Å². The van der Waals surface area contributed by atoms with Crippen molar-refractivity contribution >= 4 is 35.1 Å². The standard InChI is InChI=1S/C29H20ClN3O3/c1-18(34)36-23-11-7-19(8-12-23)26-27(28(35)20-5-3-2-4-6-20)33-24-13-10-22(30)15-21(24)9-14-25(33)29(26,16-31)17-32/h2-15,25-27H,1H3/t25-,26-,27+/m1/s1. The van der Waals surface area contributed by atoms with Crippen molar-refractivity contribution in [3.63, 3.8) is 0 Å². The fourth-order valence-corrected chi connectivity index (χ4v) is 5.50. The lowest BCUT2D eigenvalue weighted by atomic mass is 9.69. The van der Waals surface area contributed by atoms with Gasteiger partial charge < -0.3 is 9.64 Å². The zero-order valence-electron chi connectivity index (χ0n) is 19.3. The number of hydrogen-bond acceptors (Lipinski definition) is 6. The first-order valence-corrected chi connectivity index (χ1v) is 11.7. The van der Waals surface area contributed by atoms with Crippen molar-refractivity contribution in [1.29, 1.82) is 10.5 Å². The number of fused-ring (bicyclic) bond motifs is 3. The number of ketones is 1. The number of carbonyl (C=O) groups is 2. The predicted molar refractivity (Wildman–Crippen MR) is 135 cm³/mol. The van der Waals surface area contributed by atoms with E-state index in [1.807, 2.05) is 29.2 Å². The van der Waals surface area contributed by atoms with Crippen molar-refractivity contribution < 1.29 is 14.3 Å². The maximum absolute atomic E-state index is 14.1. The van der Waals surface area contributed by atoms with E-state index < -0.39 is 29.4 Å². The minimum atomic E-state index is -1.56. The molecule has 0 N–H and O–H groups in total. The van der Waals surface area contributed by atoms with Crippen LogP contribution in [0, 0.1) is 28.1 Å². The Morgan fingerprint density at radius 3 is 2.33 bits per heavy atom. The average molecular weight is 494 g/mol. The van der Waals surface area contributed by atoms with Crippen LogP contribution in [0.15, 0.2) is 78.9 Å². The van der Waals surface area contributed by atoms with E-state index in [-0.39, 0.29) is 5.78 Å². The summed E-state index contributed by atoms with van der Waals surface area (Å²) < 4.78 is 5.16. The first kappa shape index (κ1) is 23.4. The highest BCUT2D eigenvalue weighted by molar-refractivity contribution is 6.30. The smallest absolute Gasteiger partial charge is 0.308 e. The Balaban J connectivity index is 1.73. The summed E-state index contributed by atoms with van der Waals surface area (Å²) in [6.07, 6.45) is 3.66. The van der Waals surface area contributed by atoms with Crippen LogP contribution >= 0.6 is 11.6 Å². The minimum absolute atomic E-state index is 0.196. The van der Waals surface area contributed by atoms with E-state index in [9.17, 15) is 20.1 Å². The Kier molecular flexibility index (Phi) is 5.84. The third-order valence-corrected chi connectivity index (χ3v) is 7.03. The molecule has 7 heteroatoms. The van der Waals surface area contributed by atoms with E-state index in [0.29, 0.717) is 21.9 Å². The van der Waals surface area contributed by atoms with Gasteiger partial charge in [0, 0.05) is 29.1 Å². The molecule has 1 saturated heterocycles. The molecule has 2 aliphatic heterocycles. The highest BCUT2D eigenvalue weighted by atomic mass is 35.5. The molecule has 0 amide bonds. The number of Topliss-reactive ketones (excluding diaryl/α,β-unsaturated/α-hetero) is 1. The van der Waals surface area contributed by atoms with E-state index >= 15 is 0 Å². The summed E-state index contributed by atoms with van der Waals surface area (Å²) in [5.74, 6) is -1.10. The molecule has 0 bridgehead atoms. The second kappa shape index (κ2) is 9.00. The molecule has 6 nitrogen and oxygen atoms in total. The minimum Gasteiger partial charge on any atom is -0.427 e. The molecule has 0 unspecified atom stereocenters. The van der Waals surface area contributed by atoms with Crippen LogP contribution < -0.4 is 9.64 Å². The van der Waals surface area contributed by atoms with Crippen molar-refractivity contribution in [2.24, 2.45) is 5.41 Å². The van der Waals surface area contributed by atoms with Gasteiger partial charge in [-0.15, -0.1) is 0 Å². The van der Waals surface area contributed by atoms with Crippen LogP contribution in [0.25, 0.3) is 6.08 Å². The van der Waals surface area contributed by atoms with Crippen LogP contribution in [0.3, 0.4) is 0 Å². The molecule has 2 aliphatic rings. The largest absolute Gasteiger partial charge is 0.427 e. The van der Waals surface area contributed by atoms with Crippen LogP contribution in [0.2, 0.25) is 5.02 Å². The van der Waals surface area contributed by atoms with Gasteiger partial charge >= 0.3 is 5.97 Å². The third-order valence-electron chi connectivity index (χ3n) is 6.80. The van der Waals surface area contributed by atoms with E-state index in [1.165, 1.54) is 6.92 Å². The molecule has 1 fully saturated rings. The third kappa shape index (κ3) is 3.64. The number of carbonyl (C=O) groups excluding carboxylic acids is 2. The molecule has 0 radical (unpaired) electrons. The number of anilines is 1. The quantitative estimate of drug-likeness (QED) is 0.269. The predicted octanol–water partition coefficient (Wildman–Crippen LogP) is 5.55. The molecule has 0 aromatic heterocycles. The summed E-state index contributed by atoms with van der Waals surface area (Å²) in [5, 5.41) is 21.5. The van der Waals surface area contributed by atoms with E-state index in [1.54, 1.807) is 60.7 Å². The maximum Gasteiger partial charge on any atom is 0.308 e. The second-order valence-corrected chi connectivity index (χ2v) is 9.26. The highest BCUT2D eigenvalue weighted by Crippen LogP contribution is 2.55. The Hall–Kier alpha value is -4.39. The number of nitrogens with zero attached hydrogens (tertiary/aromatic N) is 3. The topological polar surface area (TPSA) is 94.2 Å².